The molecule has 83 heavy (non-hydrogen) atoms. The zero-order valence-electron chi connectivity index (χ0n) is 42.9. The average Bonchev–Trinajstić information content (AvgIpc) is 3.98. The van der Waals surface area contributed by atoms with E-state index in [1.807, 2.05) is 19.1 Å². The normalized spacial score (nSPS) is 12.0. The monoisotopic (exact) mass is 1180 g/mol. The van der Waals surface area contributed by atoms with Gasteiger partial charge in [0.05, 0.1) is 5.52 Å². The number of fused-ring (bicyclic) bond motifs is 1. The van der Waals surface area contributed by atoms with Crippen molar-refractivity contribution in [1.29, 1.82) is 0 Å². The first-order chi connectivity index (χ1) is 39.1. The molecule has 0 fully saturated rings. The van der Waals surface area contributed by atoms with Crippen molar-refractivity contribution in [3.05, 3.63) is 226 Å². The van der Waals surface area contributed by atoms with Crippen LogP contribution in [0.25, 0.3) is 55.4 Å². The largest absolute Gasteiger partial charge is 0.432 e. The van der Waals surface area contributed by atoms with Crippen LogP contribution in [-0.2, 0) is 31.4 Å². The minimum absolute atomic E-state index is 0.186. The Morgan fingerprint density at radius 2 is 0.807 bits per heavy atom. The van der Waals surface area contributed by atoms with E-state index in [9.17, 15) is 74.6 Å². The Hall–Kier alpha value is -8.43. The fourth-order valence-corrected chi connectivity index (χ4v) is 9.06. The number of ether oxygens (including phenoxy) is 2. The van der Waals surface area contributed by atoms with Gasteiger partial charge in [0.15, 0.2) is 17.5 Å². The SMILES string of the molecule is CCCCCc1ccc(-c2ccc(-c3cc(F)c(C(F)(F)Oc4cc(F)c(C(F)(F)F)c(F)c4)c(F)c3)c(F)c2)cc1.CCCn1ccc2c(F)c(-c3cc(F)c(C(F)(F)Oc4ccc(-c5cc(F)c(F)c(F)c5)c(F)c4)c(F)c3)ccc21. The molecule has 0 aliphatic heterocycles. The van der Waals surface area contributed by atoms with E-state index in [1.165, 1.54) is 24.3 Å². The minimum atomic E-state index is -5.48. The maximum Gasteiger partial charge on any atom is 0.432 e. The second kappa shape index (κ2) is 24.2. The molecule has 0 N–H and O–H groups in total. The predicted molar refractivity (Wildman–Crippen MR) is 270 cm³/mol. The lowest BCUT2D eigenvalue weighted by atomic mass is 9.97. The summed E-state index contributed by atoms with van der Waals surface area (Å²) in [7, 11) is 0. The van der Waals surface area contributed by atoms with Gasteiger partial charge in [0.2, 0.25) is 0 Å². The number of alkyl halides is 7. The third-order valence-corrected chi connectivity index (χ3v) is 13.0. The van der Waals surface area contributed by atoms with E-state index in [4.69, 9.17) is 0 Å². The van der Waals surface area contributed by atoms with Gasteiger partial charge in [0.25, 0.3) is 0 Å². The summed E-state index contributed by atoms with van der Waals surface area (Å²) in [5, 5.41) is 0.186. The quantitative estimate of drug-likeness (QED) is 0.0547. The van der Waals surface area contributed by atoms with Crippen LogP contribution in [0, 0.1) is 69.8 Å². The van der Waals surface area contributed by atoms with Crippen LogP contribution in [0.4, 0.5) is 83.4 Å². The number of halogens is 19. The van der Waals surface area contributed by atoms with Crippen molar-refractivity contribution < 1.29 is 92.9 Å². The van der Waals surface area contributed by atoms with E-state index in [1.54, 1.807) is 29.0 Å². The van der Waals surface area contributed by atoms with Crippen molar-refractivity contribution in [2.75, 3.05) is 0 Å². The van der Waals surface area contributed by atoms with E-state index < -0.39 is 133 Å². The van der Waals surface area contributed by atoms with E-state index in [2.05, 4.69) is 16.4 Å². The van der Waals surface area contributed by atoms with Gasteiger partial charge >= 0.3 is 18.4 Å². The molecule has 0 aliphatic carbocycles. The molecule has 0 radical (unpaired) electrons. The van der Waals surface area contributed by atoms with Gasteiger partial charge in [-0.3, -0.25) is 0 Å². The second-order valence-corrected chi connectivity index (χ2v) is 18.7. The summed E-state index contributed by atoms with van der Waals surface area (Å²) in [6.07, 6.45) is -8.49. The molecule has 0 aliphatic rings. The minimum Gasteiger partial charge on any atom is -0.429 e. The van der Waals surface area contributed by atoms with Gasteiger partial charge in [-0.25, -0.2) is 52.7 Å². The second-order valence-electron chi connectivity index (χ2n) is 18.7. The van der Waals surface area contributed by atoms with Crippen LogP contribution in [0.2, 0.25) is 0 Å². The van der Waals surface area contributed by atoms with Crippen molar-refractivity contribution >= 4 is 10.9 Å². The highest BCUT2D eigenvalue weighted by molar-refractivity contribution is 5.87. The lowest BCUT2D eigenvalue weighted by Gasteiger charge is -2.21. The van der Waals surface area contributed by atoms with Crippen LogP contribution >= 0.6 is 0 Å². The van der Waals surface area contributed by atoms with Crippen molar-refractivity contribution in [3.63, 3.8) is 0 Å². The molecule has 0 atom stereocenters. The van der Waals surface area contributed by atoms with Crippen LogP contribution in [0.3, 0.4) is 0 Å². The number of hydrogen-bond acceptors (Lipinski definition) is 2. The average molecular weight is 1180 g/mol. The summed E-state index contributed by atoms with van der Waals surface area (Å²) >= 11 is 0. The molecular formula is C61H40F19NO2. The lowest BCUT2D eigenvalue weighted by molar-refractivity contribution is -0.190. The lowest BCUT2D eigenvalue weighted by Crippen LogP contribution is -2.25. The van der Waals surface area contributed by atoms with E-state index in [0.29, 0.717) is 65.7 Å². The third kappa shape index (κ3) is 13.1. The fraction of sp³-hybridized carbons (Fsp3) is 0.180. The van der Waals surface area contributed by atoms with Crippen LogP contribution in [-0.4, -0.2) is 4.57 Å². The molecule has 0 saturated heterocycles. The third-order valence-electron chi connectivity index (χ3n) is 13.0. The molecule has 1 aromatic heterocycles. The Bertz CT molecular complexity index is 3780. The Labute approximate surface area is 459 Å². The molecular weight excluding hydrogens is 1140 g/mol. The highest BCUT2D eigenvalue weighted by Gasteiger charge is 2.44. The number of hydrogen-bond donors (Lipinski definition) is 0. The standard InChI is InChI=1S/C31H22F10O.C30H18F9NO/c1-2-3-4-5-17-6-8-18(9-7-17)19-10-11-22(23(32)12-19)20-13-24(33)29(25(34)14-20)31(40,41)42-21-15-26(35)28(27(36)16-21)30(37,38)39;1-2-8-40-9-7-20-26(40)6-5-19(28(20)36)16-10-22(32)27(23(33)11-16)30(38,39)41-17-3-4-18(21(31)14-17)15-12-24(34)29(37)25(35)13-15/h6-16H,2-5H2,1H3;3-7,9-14H,2,8H2,1H3. The summed E-state index contributed by atoms with van der Waals surface area (Å²) in [4.78, 5) is 0. The van der Waals surface area contributed by atoms with Gasteiger partial charge in [-0.1, -0.05) is 63.1 Å². The van der Waals surface area contributed by atoms with E-state index in [0.717, 1.165) is 55.9 Å². The van der Waals surface area contributed by atoms with E-state index in [-0.39, 0.29) is 34.2 Å². The topological polar surface area (TPSA) is 23.4 Å². The highest BCUT2D eigenvalue weighted by atomic mass is 19.4. The number of rotatable bonds is 16. The van der Waals surface area contributed by atoms with Gasteiger partial charge in [-0.05, 0) is 125 Å². The Morgan fingerprint density at radius 3 is 1.30 bits per heavy atom. The van der Waals surface area contributed by atoms with Crippen molar-refractivity contribution in [2.45, 2.75) is 70.9 Å². The molecule has 0 saturated carbocycles. The first-order valence-electron chi connectivity index (χ1n) is 24.9. The van der Waals surface area contributed by atoms with Gasteiger partial charge in [-0.15, -0.1) is 0 Å². The highest BCUT2D eigenvalue weighted by Crippen LogP contribution is 2.43. The molecule has 9 aromatic rings. The first kappa shape index (κ1) is 60.7. The maximum absolute atomic E-state index is 15.2. The molecule has 22 heteroatoms. The molecule has 0 amide bonds. The van der Waals surface area contributed by atoms with Crippen LogP contribution in [0.5, 0.6) is 11.5 Å². The number of nitrogens with zero attached hydrogens (tertiary/aromatic N) is 1. The van der Waals surface area contributed by atoms with Gasteiger partial charge < -0.3 is 14.0 Å². The summed E-state index contributed by atoms with van der Waals surface area (Å²) in [6.45, 7) is 4.65. The van der Waals surface area contributed by atoms with Crippen molar-refractivity contribution in [1.82, 2.24) is 4.57 Å². The molecule has 3 nitrogen and oxygen atoms in total. The number of aryl methyl sites for hydroxylation is 2. The maximum atomic E-state index is 15.2. The van der Waals surface area contributed by atoms with Gasteiger partial charge in [0, 0.05) is 53.0 Å². The fourth-order valence-electron chi connectivity index (χ4n) is 9.06. The summed E-state index contributed by atoms with van der Waals surface area (Å²) in [5.41, 5.74) is -5.56. The number of aromatic nitrogens is 1. The van der Waals surface area contributed by atoms with Gasteiger partial charge in [0.1, 0.15) is 80.5 Å². The molecule has 9 rings (SSSR count). The Morgan fingerprint density at radius 1 is 0.373 bits per heavy atom. The Kier molecular flexibility index (Phi) is 17.7. The summed E-state index contributed by atoms with van der Waals surface area (Å²) < 4.78 is 280. The van der Waals surface area contributed by atoms with Crippen LogP contribution < -0.4 is 9.47 Å². The summed E-state index contributed by atoms with van der Waals surface area (Å²) in [6, 6.07) is 20.1. The number of unbranched alkanes of at least 4 members (excludes halogenated alkanes) is 2. The van der Waals surface area contributed by atoms with E-state index >= 15 is 8.78 Å². The molecule has 0 unspecified atom stereocenters. The zero-order valence-corrected chi connectivity index (χ0v) is 42.9. The summed E-state index contributed by atoms with van der Waals surface area (Å²) in [5.74, 6) is -22.1. The Balaban J connectivity index is 0.000000217. The predicted octanol–water partition coefficient (Wildman–Crippen LogP) is 20.1. The van der Waals surface area contributed by atoms with Crippen molar-refractivity contribution in [2.24, 2.45) is 0 Å². The molecule has 0 spiro atoms. The van der Waals surface area contributed by atoms with Crippen LogP contribution in [0.15, 0.2) is 134 Å². The van der Waals surface area contributed by atoms with Gasteiger partial charge in [-0.2, -0.15) is 30.7 Å². The van der Waals surface area contributed by atoms with Crippen LogP contribution in [0.1, 0.15) is 61.8 Å². The van der Waals surface area contributed by atoms with Crippen molar-refractivity contribution in [3.8, 4) is 56.0 Å². The number of benzene rings is 8. The molecule has 8 aromatic carbocycles. The zero-order chi connectivity index (χ0) is 60.5. The molecule has 434 valence electrons. The smallest absolute Gasteiger partial charge is 0.429 e. The first-order valence-corrected chi connectivity index (χ1v) is 24.9. The molecule has 0 bridgehead atoms. The molecule has 1 heterocycles.